The Morgan fingerprint density at radius 3 is 2.60 bits per heavy atom. The van der Waals surface area contributed by atoms with Crippen molar-refractivity contribution >= 4 is 0 Å². The predicted octanol–water partition coefficient (Wildman–Crippen LogP) is 1.80. The van der Waals surface area contributed by atoms with Crippen molar-refractivity contribution in [2.75, 3.05) is 13.7 Å². The second-order valence-corrected chi connectivity index (χ2v) is 2.89. The summed E-state index contributed by atoms with van der Waals surface area (Å²) in [5, 5.41) is 0. The quantitative estimate of drug-likeness (QED) is 0.817. The second-order valence-electron chi connectivity index (χ2n) is 2.89. The average molecular weight is 217 g/mol. The molecule has 0 saturated heterocycles. The van der Waals surface area contributed by atoms with Crippen molar-refractivity contribution in [3.05, 3.63) is 23.8 Å². The highest BCUT2D eigenvalue weighted by atomic mass is 19.3. The van der Waals surface area contributed by atoms with Gasteiger partial charge in [-0.2, -0.15) is 0 Å². The van der Waals surface area contributed by atoms with Crippen LogP contribution in [-0.4, -0.2) is 20.1 Å². The number of halogens is 2. The summed E-state index contributed by atoms with van der Waals surface area (Å²) in [7, 11) is 1.45. The Morgan fingerprint density at radius 2 is 2.07 bits per heavy atom. The first-order valence-corrected chi connectivity index (χ1v) is 4.45. The molecule has 0 spiro atoms. The van der Waals surface area contributed by atoms with Gasteiger partial charge in [-0.3, -0.25) is 0 Å². The number of nitrogens with two attached hydrogens (primary N) is 1. The zero-order chi connectivity index (χ0) is 11.3. The molecule has 0 bridgehead atoms. The Hall–Kier alpha value is -1.36. The summed E-state index contributed by atoms with van der Waals surface area (Å²) in [6.45, 7) is -0.274. The molecule has 5 heteroatoms. The molecule has 0 aliphatic carbocycles. The number of methoxy groups -OCH3 is 1. The SMILES string of the molecule is COc1cc(CN)ccc1OCC(F)F. The van der Waals surface area contributed by atoms with Gasteiger partial charge in [-0.15, -0.1) is 0 Å². The van der Waals surface area contributed by atoms with Crippen LogP contribution in [0.5, 0.6) is 11.5 Å². The van der Waals surface area contributed by atoms with Gasteiger partial charge in [0.05, 0.1) is 7.11 Å². The van der Waals surface area contributed by atoms with Crippen molar-refractivity contribution in [1.82, 2.24) is 0 Å². The zero-order valence-corrected chi connectivity index (χ0v) is 8.37. The highest BCUT2D eigenvalue weighted by Gasteiger charge is 2.08. The van der Waals surface area contributed by atoms with Gasteiger partial charge in [-0.25, -0.2) is 8.78 Å². The largest absolute Gasteiger partial charge is 0.493 e. The van der Waals surface area contributed by atoms with E-state index in [1.54, 1.807) is 18.2 Å². The lowest BCUT2D eigenvalue weighted by Crippen LogP contribution is -2.08. The van der Waals surface area contributed by atoms with E-state index >= 15 is 0 Å². The maximum atomic E-state index is 11.9. The van der Waals surface area contributed by atoms with Gasteiger partial charge in [0.25, 0.3) is 6.43 Å². The van der Waals surface area contributed by atoms with Crippen LogP contribution in [0.4, 0.5) is 8.78 Å². The van der Waals surface area contributed by atoms with E-state index in [2.05, 4.69) is 0 Å². The molecule has 2 N–H and O–H groups in total. The minimum absolute atomic E-state index is 0.301. The number of ether oxygens (including phenoxy) is 2. The van der Waals surface area contributed by atoms with Crippen LogP contribution in [0.1, 0.15) is 5.56 Å². The number of hydrogen-bond acceptors (Lipinski definition) is 3. The number of rotatable bonds is 5. The maximum Gasteiger partial charge on any atom is 0.272 e. The fourth-order valence-electron chi connectivity index (χ4n) is 1.11. The van der Waals surface area contributed by atoms with Crippen LogP contribution in [0, 0.1) is 0 Å². The fraction of sp³-hybridized carbons (Fsp3) is 0.400. The Balaban J connectivity index is 2.78. The van der Waals surface area contributed by atoms with Crippen LogP contribution in [-0.2, 0) is 6.54 Å². The van der Waals surface area contributed by atoms with Crippen molar-refractivity contribution in [3.63, 3.8) is 0 Å². The number of benzene rings is 1. The third-order valence-corrected chi connectivity index (χ3v) is 1.83. The van der Waals surface area contributed by atoms with Gasteiger partial charge in [-0.05, 0) is 17.7 Å². The molecule has 0 radical (unpaired) electrons. The van der Waals surface area contributed by atoms with E-state index in [0.29, 0.717) is 18.0 Å². The minimum atomic E-state index is -2.50. The molecule has 0 aliphatic heterocycles. The highest BCUT2D eigenvalue weighted by molar-refractivity contribution is 5.42. The molecular weight excluding hydrogens is 204 g/mol. The van der Waals surface area contributed by atoms with Crippen LogP contribution < -0.4 is 15.2 Å². The van der Waals surface area contributed by atoms with Crippen LogP contribution in [0.15, 0.2) is 18.2 Å². The van der Waals surface area contributed by atoms with E-state index in [1.807, 2.05) is 0 Å². The summed E-state index contributed by atoms with van der Waals surface area (Å²) in [5.41, 5.74) is 6.29. The molecule has 0 aromatic heterocycles. The Kier molecular flexibility index (Phi) is 4.30. The van der Waals surface area contributed by atoms with E-state index in [-0.39, 0.29) is 0 Å². The Bertz CT molecular complexity index is 318. The lowest BCUT2D eigenvalue weighted by Gasteiger charge is -2.11. The summed E-state index contributed by atoms with van der Waals surface area (Å²) in [6.07, 6.45) is -2.50. The maximum absolute atomic E-state index is 11.9. The molecule has 0 amide bonds. The number of alkyl halides is 2. The third-order valence-electron chi connectivity index (χ3n) is 1.83. The highest BCUT2D eigenvalue weighted by Crippen LogP contribution is 2.28. The van der Waals surface area contributed by atoms with Crippen LogP contribution in [0.3, 0.4) is 0 Å². The smallest absolute Gasteiger partial charge is 0.272 e. The zero-order valence-electron chi connectivity index (χ0n) is 8.37. The second kappa shape index (κ2) is 5.50. The minimum Gasteiger partial charge on any atom is -0.493 e. The van der Waals surface area contributed by atoms with Gasteiger partial charge in [0, 0.05) is 6.54 Å². The number of hydrogen-bond donors (Lipinski definition) is 1. The van der Waals surface area contributed by atoms with E-state index in [1.165, 1.54) is 7.11 Å². The average Bonchev–Trinajstić information content (AvgIpc) is 2.25. The molecule has 84 valence electrons. The van der Waals surface area contributed by atoms with E-state index in [0.717, 1.165) is 5.56 Å². The van der Waals surface area contributed by atoms with Crippen LogP contribution in [0.2, 0.25) is 0 Å². The molecule has 1 aromatic rings. The first-order valence-electron chi connectivity index (χ1n) is 4.45. The molecule has 0 fully saturated rings. The van der Waals surface area contributed by atoms with Crippen molar-refractivity contribution < 1.29 is 18.3 Å². The van der Waals surface area contributed by atoms with Crippen molar-refractivity contribution in [3.8, 4) is 11.5 Å². The molecule has 0 atom stereocenters. The van der Waals surface area contributed by atoms with Gasteiger partial charge >= 0.3 is 0 Å². The Labute approximate surface area is 86.8 Å². The third kappa shape index (κ3) is 3.36. The molecular formula is C10H13F2NO2. The first-order chi connectivity index (χ1) is 7.17. The lowest BCUT2D eigenvalue weighted by molar-refractivity contribution is 0.0804. The molecule has 15 heavy (non-hydrogen) atoms. The van der Waals surface area contributed by atoms with Gasteiger partial charge in [0.15, 0.2) is 11.5 Å². The molecule has 3 nitrogen and oxygen atoms in total. The molecule has 0 unspecified atom stereocenters. The summed E-state index contributed by atoms with van der Waals surface area (Å²) in [4.78, 5) is 0. The Morgan fingerprint density at radius 1 is 1.33 bits per heavy atom. The monoisotopic (exact) mass is 217 g/mol. The molecule has 1 aromatic carbocycles. The lowest BCUT2D eigenvalue weighted by atomic mass is 10.2. The summed E-state index contributed by atoms with van der Waals surface area (Å²) in [6, 6.07) is 4.95. The molecule has 1 rings (SSSR count). The summed E-state index contributed by atoms with van der Waals surface area (Å²) >= 11 is 0. The van der Waals surface area contributed by atoms with Gasteiger partial charge < -0.3 is 15.2 Å². The fourth-order valence-corrected chi connectivity index (χ4v) is 1.11. The predicted molar refractivity (Wildman–Crippen MR) is 52.4 cm³/mol. The van der Waals surface area contributed by atoms with Crippen molar-refractivity contribution in [2.45, 2.75) is 13.0 Å². The van der Waals surface area contributed by atoms with E-state index in [4.69, 9.17) is 15.2 Å². The normalized spacial score (nSPS) is 10.5. The summed E-state index contributed by atoms with van der Waals surface area (Å²) in [5.74, 6) is 0.716. The van der Waals surface area contributed by atoms with Crippen LogP contribution >= 0.6 is 0 Å². The van der Waals surface area contributed by atoms with Crippen molar-refractivity contribution in [1.29, 1.82) is 0 Å². The van der Waals surface area contributed by atoms with Gasteiger partial charge in [0.2, 0.25) is 0 Å². The first kappa shape index (κ1) is 11.7. The van der Waals surface area contributed by atoms with E-state index < -0.39 is 13.0 Å². The topological polar surface area (TPSA) is 44.5 Å². The molecule has 0 heterocycles. The van der Waals surface area contributed by atoms with Crippen molar-refractivity contribution in [2.24, 2.45) is 5.73 Å². The van der Waals surface area contributed by atoms with E-state index in [9.17, 15) is 8.78 Å². The summed E-state index contributed by atoms with van der Waals surface area (Å²) < 4.78 is 33.7. The molecule has 0 saturated carbocycles. The van der Waals surface area contributed by atoms with Gasteiger partial charge in [-0.1, -0.05) is 6.07 Å². The van der Waals surface area contributed by atoms with Gasteiger partial charge in [0.1, 0.15) is 6.61 Å². The molecule has 0 aliphatic rings. The van der Waals surface area contributed by atoms with Crippen LogP contribution in [0.25, 0.3) is 0 Å². The standard InChI is InChI=1S/C10H13F2NO2/c1-14-9-4-7(5-13)2-3-8(9)15-6-10(11)12/h2-4,10H,5-6,13H2,1H3.